The van der Waals surface area contributed by atoms with Crippen molar-refractivity contribution < 1.29 is 22.7 Å². The maximum atomic E-state index is 13.0. The summed E-state index contributed by atoms with van der Waals surface area (Å²) in [4.78, 5) is 26.0. The summed E-state index contributed by atoms with van der Waals surface area (Å²) in [7, 11) is 0.593. The van der Waals surface area contributed by atoms with E-state index in [1.807, 2.05) is 6.07 Å². The van der Waals surface area contributed by atoms with Crippen LogP contribution in [-0.4, -0.2) is 46.4 Å². The molecule has 0 saturated carbocycles. The third kappa shape index (κ3) is 4.97. The van der Waals surface area contributed by atoms with Crippen LogP contribution in [0, 0.1) is 0 Å². The summed E-state index contributed by atoms with van der Waals surface area (Å²) >= 11 is 0. The molecule has 1 amide bonds. The molecule has 32 heavy (non-hydrogen) atoms. The van der Waals surface area contributed by atoms with Crippen LogP contribution in [0.4, 0.5) is 5.69 Å². The molecule has 0 aliphatic carbocycles. The number of hydrogen-bond donors (Lipinski definition) is 0. The Kier molecular flexibility index (Phi) is 6.95. The molecule has 0 N–H and O–H groups in total. The number of rotatable bonds is 7. The van der Waals surface area contributed by atoms with E-state index in [9.17, 15) is 18.0 Å². The van der Waals surface area contributed by atoms with Gasteiger partial charge in [0.2, 0.25) is 0 Å². The molecule has 0 aromatic heterocycles. The third-order valence-corrected chi connectivity index (χ3v) is 6.78. The number of nitrogens with zero attached hydrogens (tertiary/aromatic N) is 2. The molecule has 166 valence electrons. The van der Waals surface area contributed by atoms with Gasteiger partial charge in [-0.15, -0.1) is 0 Å². The van der Waals surface area contributed by atoms with E-state index in [2.05, 4.69) is 4.74 Å². The molecule has 0 unspecified atom stereocenters. The van der Waals surface area contributed by atoms with Crippen molar-refractivity contribution >= 4 is 27.6 Å². The van der Waals surface area contributed by atoms with Gasteiger partial charge in [-0.1, -0.05) is 36.4 Å². The van der Waals surface area contributed by atoms with Crippen LogP contribution in [0.2, 0.25) is 0 Å². The summed E-state index contributed by atoms with van der Waals surface area (Å²) in [6.45, 7) is 0.293. The topological polar surface area (TPSA) is 84.0 Å². The fourth-order valence-electron chi connectivity index (χ4n) is 3.15. The lowest BCUT2D eigenvalue weighted by Crippen LogP contribution is -2.28. The molecule has 0 heterocycles. The molecule has 3 rings (SSSR count). The number of hydrogen-bond acceptors (Lipinski definition) is 5. The standard InChI is InChI=1S/C24H24N2O5S/c1-25(17-18-12-14-19(15-13-18)24(28)31-3)23(27)20-8-7-11-22(16-20)32(29,30)26(2)21-9-5-4-6-10-21/h4-16H,17H2,1-3H3. The van der Waals surface area contributed by atoms with Crippen LogP contribution in [-0.2, 0) is 21.3 Å². The molecular weight excluding hydrogens is 428 g/mol. The van der Waals surface area contributed by atoms with Crippen LogP contribution in [0.15, 0.2) is 83.8 Å². The molecule has 3 aromatic carbocycles. The zero-order chi connectivity index (χ0) is 23.3. The molecule has 0 fully saturated rings. The number of esters is 1. The first-order valence-corrected chi connectivity index (χ1v) is 11.2. The van der Waals surface area contributed by atoms with Gasteiger partial charge in [-0.05, 0) is 48.0 Å². The summed E-state index contributed by atoms with van der Waals surface area (Å²) in [6, 6.07) is 21.5. The van der Waals surface area contributed by atoms with Crippen molar-refractivity contribution in [2.45, 2.75) is 11.4 Å². The van der Waals surface area contributed by atoms with Gasteiger partial charge in [-0.2, -0.15) is 0 Å². The summed E-state index contributed by atoms with van der Waals surface area (Å²) in [5.41, 5.74) is 2.03. The number of methoxy groups -OCH3 is 1. The molecular formula is C24H24N2O5S. The maximum Gasteiger partial charge on any atom is 0.337 e. The Labute approximate surface area is 187 Å². The van der Waals surface area contributed by atoms with E-state index in [1.165, 1.54) is 35.5 Å². The highest BCUT2D eigenvalue weighted by Gasteiger charge is 2.23. The number of carbonyl (C=O) groups excluding carboxylic acids is 2. The lowest BCUT2D eigenvalue weighted by atomic mass is 10.1. The fraction of sp³-hybridized carbons (Fsp3) is 0.167. The Balaban J connectivity index is 1.78. The molecule has 0 spiro atoms. The highest BCUT2D eigenvalue weighted by atomic mass is 32.2. The molecule has 8 heteroatoms. The Bertz CT molecular complexity index is 1210. The van der Waals surface area contributed by atoms with Crippen molar-refractivity contribution in [3.8, 4) is 0 Å². The summed E-state index contributed by atoms with van der Waals surface area (Å²) in [5.74, 6) is -0.749. The second kappa shape index (κ2) is 9.65. The van der Waals surface area contributed by atoms with Gasteiger partial charge in [0.1, 0.15) is 0 Å². The SMILES string of the molecule is COC(=O)c1ccc(CN(C)C(=O)c2cccc(S(=O)(=O)N(C)c3ccccc3)c2)cc1. The number of carbonyl (C=O) groups is 2. The highest BCUT2D eigenvalue weighted by molar-refractivity contribution is 7.92. The van der Waals surface area contributed by atoms with Crippen molar-refractivity contribution in [2.75, 3.05) is 25.5 Å². The van der Waals surface area contributed by atoms with Crippen molar-refractivity contribution in [3.05, 3.63) is 95.6 Å². The summed E-state index contributed by atoms with van der Waals surface area (Å²) in [6.07, 6.45) is 0. The Morgan fingerprint density at radius 3 is 2.12 bits per heavy atom. The number of amides is 1. The molecule has 0 aliphatic rings. The van der Waals surface area contributed by atoms with E-state index in [-0.39, 0.29) is 16.4 Å². The molecule has 0 radical (unpaired) electrons. The second-order valence-corrected chi connectivity index (χ2v) is 9.15. The van der Waals surface area contributed by atoms with Gasteiger partial charge in [-0.3, -0.25) is 9.10 Å². The van der Waals surface area contributed by atoms with Crippen molar-refractivity contribution in [1.29, 1.82) is 0 Å². The number of benzene rings is 3. The van der Waals surface area contributed by atoms with Gasteiger partial charge in [0.25, 0.3) is 15.9 Å². The fourth-order valence-corrected chi connectivity index (χ4v) is 4.40. The average molecular weight is 453 g/mol. The van der Waals surface area contributed by atoms with Crippen molar-refractivity contribution in [2.24, 2.45) is 0 Å². The first-order chi connectivity index (χ1) is 15.2. The zero-order valence-electron chi connectivity index (χ0n) is 18.1. The minimum absolute atomic E-state index is 0.0329. The maximum absolute atomic E-state index is 13.0. The number of para-hydroxylation sites is 1. The van der Waals surface area contributed by atoms with Gasteiger partial charge in [0.05, 0.1) is 23.3 Å². The van der Waals surface area contributed by atoms with Crippen molar-refractivity contribution in [3.63, 3.8) is 0 Å². The quantitative estimate of drug-likeness (QED) is 0.512. The second-order valence-electron chi connectivity index (χ2n) is 7.19. The lowest BCUT2D eigenvalue weighted by molar-refractivity contribution is 0.0600. The lowest BCUT2D eigenvalue weighted by Gasteiger charge is -2.21. The molecule has 0 aliphatic heterocycles. The number of ether oxygens (including phenoxy) is 1. The minimum Gasteiger partial charge on any atom is -0.465 e. The predicted molar refractivity (Wildman–Crippen MR) is 122 cm³/mol. The smallest absolute Gasteiger partial charge is 0.337 e. The summed E-state index contributed by atoms with van der Waals surface area (Å²) < 4.78 is 32.0. The van der Waals surface area contributed by atoms with Crippen LogP contribution in [0.25, 0.3) is 0 Å². The minimum atomic E-state index is -3.83. The largest absolute Gasteiger partial charge is 0.465 e. The first kappa shape index (κ1) is 23.0. The normalized spacial score (nSPS) is 11.0. The third-order valence-electron chi connectivity index (χ3n) is 5.00. The van der Waals surface area contributed by atoms with E-state index in [0.29, 0.717) is 17.8 Å². The van der Waals surface area contributed by atoms with Gasteiger partial charge in [-0.25, -0.2) is 13.2 Å². The molecule has 0 saturated heterocycles. The zero-order valence-corrected chi connectivity index (χ0v) is 18.9. The van der Waals surface area contributed by atoms with Gasteiger partial charge in [0, 0.05) is 26.2 Å². The van der Waals surface area contributed by atoms with E-state index in [1.54, 1.807) is 67.7 Å². The number of anilines is 1. The average Bonchev–Trinajstić information content (AvgIpc) is 2.83. The van der Waals surface area contributed by atoms with Crippen LogP contribution >= 0.6 is 0 Å². The monoisotopic (exact) mass is 452 g/mol. The van der Waals surface area contributed by atoms with Gasteiger partial charge < -0.3 is 9.64 Å². The van der Waals surface area contributed by atoms with E-state index >= 15 is 0 Å². The Morgan fingerprint density at radius 1 is 0.844 bits per heavy atom. The predicted octanol–water partition coefficient (Wildman–Crippen LogP) is 3.57. The molecule has 7 nitrogen and oxygen atoms in total. The highest BCUT2D eigenvalue weighted by Crippen LogP contribution is 2.23. The van der Waals surface area contributed by atoms with E-state index in [0.717, 1.165) is 5.56 Å². The van der Waals surface area contributed by atoms with E-state index < -0.39 is 16.0 Å². The van der Waals surface area contributed by atoms with Crippen LogP contribution in [0.5, 0.6) is 0 Å². The first-order valence-electron chi connectivity index (χ1n) is 9.81. The van der Waals surface area contributed by atoms with Crippen LogP contribution in [0.1, 0.15) is 26.3 Å². The molecule has 0 bridgehead atoms. The number of sulfonamides is 1. The van der Waals surface area contributed by atoms with Gasteiger partial charge >= 0.3 is 5.97 Å². The Morgan fingerprint density at radius 2 is 1.50 bits per heavy atom. The summed E-state index contributed by atoms with van der Waals surface area (Å²) in [5, 5.41) is 0. The van der Waals surface area contributed by atoms with Crippen LogP contribution < -0.4 is 4.31 Å². The van der Waals surface area contributed by atoms with Crippen LogP contribution in [0.3, 0.4) is 0 Å². The van der Waals surface area contributed by atoms with Crippen molar-refractivity contribution in [1.82, 2.24) is 4.90 Å². The Hall–Kier alpha value is -3.65. The molecule has 0 atom stereocenters. The molecule has 3 aromatic rings. The van der Waals surface area contributed by atoms with E-state index in [4.69, 9.17) is 0 Å². The van der Waals surface area contributed by atoms with Gasteiger partial charge in [0.15, 0.2) is 0 Å².